The Hall–Kier alpha value is -1.75. The van der Waals surface area contributed by atoms with Crippen LogP contribution in [0.1, 0.15) is 19.3 Å². The Morgan fingerprint density at radius 2 is 2.11 bits per heavy atom. The molecule has 3 rings (SSSR count). The predicted molar refractivity (Wildman–Crippen MR) is 76.0 cm³/mol. The van der Waals surface area contributed by atoms with Gasteiger partial charge in [0.25, 0.3) is 0 Å². The lowest BCUT2D eigenvalue weighted by Crippen LogP contribution is -2.30. The molecule has 0 saturated carbocycles. The highest BCUT2D eigenvalue weighted by atomic mass is 15.2. The highest BCUT2D eigenvalue weighted by Gasteiger charge is 2.12. The first-order chi connectivity index (χ1) is 9.42. The molecular formula is C14H19N5. The molecule has 2 heterocycles. The van der Waals surface area contributed by atoms with E-state index in [4.69, 9.17) is 0 Å². The quantitative estimate of drug-likeness (QED) is 0.875. The minimum Gasteiger partial charge on any atom is -0.353 e. The van der Waals surface area contributed by atoms with Crippen molar-refractivity contribution in [1.82, 2.24) is 20.5 Å². The largest absolute Gasteiger partial charge is 0.353 e. The van der Waals surface area contributed by atoms with Crippen LogP contribution < -0.4 is 10.6 Å². The molecule has 0 aliphatic carbocycles. The van der Waals surface area contributed by atoms with Crippen molar-refractivity contribution in [2.75, 3.05) is 25.0 Å². The summed E-state index contributed by atoms with van der Waals surface area (Å²) in [6, 6.07) is 7.80. The Bertz CT molecular complexity index is 536. The number of fused-ring (bicyclic) bond motifs is 1. The van der Waals surface area contributed by atoms with E-state index in [0.29, 0.717) is 5.95 Å². The number of nitrogens with zero attached hydrogens (tertiary/aromatic N) is 3. The van der Waals surface area contributed by atoms with Crippen molar-refractivity contribution in [3.63, 3.8) is 0 Å². The molecular weight excluding hydrogens is 238 g/mol. The van der Waals surface area contributed by atoms with Gasteiger partial charge in [-0.05, 0) is 50.4 Å². The van der Waals surface area contributed by atoms with E-state index in [1.165, 1.54) is 19.4 Å². The van der Waals surface area contributed by atoms with Crippen LogP contribution in [0.5, 0.6) is 0 Å². The van der Waals surface area contributed by atoms with Crippen LogP contribution in [-0.2, 0) is 0 Å². The second kappa shape index (κ2) is 5.93. The molecule has 2 N–H and O–H groups in total. The number of hydrogen-bond donors (Lipinski definition) is 2. The van der Waals surface area contributed by atoms with Crippen LogP contribution >= 0.6 is 0 Å². The normalized spacial score (nSPS) is 19.5. The summed E-state index contributed by atoms with van der Waals surface area (Å²) in [7, 11) is 0. The number of para-hydroxylation sites is 1. The molecule has 1 aromatic heterocycles. The molecule has 1 aliphatic heterocycles. The van der Waals surface area contributed by atoms with Gasteiger partial charge in [-0.1, -0.05) is 12.1 Å². The number of rotatable bonds is 4. The van der Waals surface area contributed by atoms with Gasteiger partial charge in [0.15, 0.2) is 0 Å². The van der Waals surface area contributed by atoms with E-state index in [1.807, 2.05) is 24.3 Å². The summed E-state index contributed by atoms with van der Waals surface area (Å²) in [6.07, 6.45) is 3.77. The first kappa shape index (κ1) is 12.3. The van der Waals surface area contributed by atoms with E-state index in [9.17, 15) is 0 Å². The van der Waals surface area contributed by atoms with Crippen molar-refractivity contribution in [2.24, 2.45) is 5.92 Å². The van der Waals surface area contributed by atoms with Crippen LogP contribution in [0.15, 0.2) is 24.3 Å². The number of hydrogen-bond acceptors (Lipinski definition) is 5. The monoisotopic (exact) mass is 257 g/mol. The van der Waals surface area contributed by atoms with Crippen LogP contribution in [0.3, 0.4) is 0 Å². The first-order valence-electron chi connectivity index (χ1n) is 6.96. The SMILES string of the molecule is c1ccc2nc(NCCC3CCCNC3)nnc2c1. The second-order valence-corrected chi connectivity index (χ2v) is 5.05. The standard InChI is InChI=1S/C14H19N5/c1-2-6-13-12(5-1)17-14(19-18-13)16-9-7-11-4-3-8-15-10-11/h1-2,5-6,11,15H,3-4,7-10H2,(H,16,17,19). The van der Waals surface area contributed by atoms with E-state index in [0.717, 1.165) is 36.5 Å². The minimum atomic E-state index is 0.627. The number of aromatic nitrogens is 3. The fourth-order valence-corrected chi connectivity index (χ4v) is 2.51. The van der Waals surface area contributed by atoms with Gasteiger partial charge in [0, 0.05) is 6.54 Å². The van der Waals surface area contributed by atoms with Gasteiger partial charge in [0.1, 0.15) is 5.52 Å². The maximum atomic E-state index is 4.46. The lowest BCUT2D eigenvalue weighted by molar-refractivity contribution is 0.364. The van der Waals surface area contributed by atoms with Gasteiger partial charge in [-0.2, -0.15) is 0 Å². The summed E-state index contributed by atoms with van der Waals surface area (Å²) in [5.41, 5.74) is 1.73. The smallest absolute Gasteiger partial charge is 0.243 e. The Labute approximate surface area is 112 Å². The fourth-order valence-electron chi connectivity index (χ4n) is 2.51. The van der Waals surface area contributed by atoms with Gasteiger partial charge in [-0.25, -0.2) is 4.98 Å². The number of nitrogens with one attached hydrogen (secondary N) is 2. The van der Waals surface area contributed by atoms with Crippen molar-refractivity contribution in [2.45, 2.75) is 19.3 Å². The number of anilines is 1. The molecule has 0 spiro atoms. The Morgan fingerprint density at radius 3 is 2.95 bits per heavy atom. The van der Waals surface area contributed by atoms with Crippen molar-refractivity contribution in [3.05, 3.63) is 24.3 Å². The zero-order chi connectivity index (χ0) is 12.9. The van der Waals surface area contributed by atoms with E-state index in [-0.39, 0.29) is 0 Å². The van der Waals surface area contributed by atoms with Crippen LogP contribution in [-0.4, -0.2) is 34.8 Å². The van der Waals surface area contributed by atoms with E-state index >= 15 is 0 Å². The number of piperidine rings is 1. The molecule has 5 nitrogen and oxygen atoms in total. The zero-order valence-electron chi connectivity index (χ0n) is 11.0. The van der Waals surface area contributed by atoms with Crippen LogP contribution in [0.2, 0.25) is 0 Å². The summed E-state index contributed by atoms with van der Waals surface area (Å²) < 4.78 is 0. The van der Waals surface area contributed by atoms with Crippen molar-refractivity contribution < 1.29 is 0 Å². The molecule has 1 fully saturated rings. The summed E-state index contributed by atoms with van der Waals surface area (Å²) >= 11 is 0. The van der Waals surface area contributed by atoms with Gasteiger partial charge in [-0.15, -0.1) is 10.2 Å². The Morgan fingerprint density at radius 1 is 1.21 bits per heavy atom. The second-order valence-electron chi connectivity index (χ2n) is 5.05. The highest BCUT2D eigenvalue weighted by molar-refractivity contribution is 5.73. The van der Waals surface area contributed by atoms with Gasteiger partial charge >= 0.3 is 0 Å². The molecule has 2 aromatic rings. The molecule has 1 atom stereocenters. The average molecular weight is 257 g/mol. The number of benzene rings is 1. The molecule has 5 heteroatoms. The third-order valence-electron chi connectivity index (χ3n) is 3.60. The van der Waals surface area contributed by atoms with Gasteiger partial charge in [0.2, 0.25) is 5.95 Å². The molecule has 1 aliphatic rings. The van der Waals surface area contributed by atoms with Crippen LogP contribution in [0.25, 0.3) is 11.0 Å². The third kappa shape index (κ3) is 3.17. The zero-order valence-corrected chi connectivity index (χ0v) is 11.0. The molecule has 1 saturated heterocycles. The molecule has 0 amide bonds. The maximum absolute atomic E-state index is 4.46. The van der Waals surface area contributed by atoms with Crippen molar-refractivity contribution >= 4 is 17.0 Å². The molecule has 1 unspecified atom stereocenters. The van der Waals surface area contributed by atoms with E-state index < -0.39 is 0 Å². The summed E-state index contributed by atoms with van der Waals surface area (Å²) in [4.78, 5) is 4.46. The summed E-state index contributed by atoms with van der Waals surface area (Å²) in [6.45, 7) is 3.21. The van der Waals surface area contributed by atoms with Crippen LogP contribution in [0.4, 0.5) is 5.95 Å². The summed E-state index contributed by atoms with van der Waals surface area (Å²) in [5, 5.41) is 15.0. The molecule has 0 radical (unpaired) electrons. The van der Waals surface area contributed by atoms with E-state index in [2.05, 4.69) is 25.8 Å². The van der Waals surface area contributed by atoms with Crippen molar-refractivity contribution in [1.29, 1.82) is 0 Å². The van der Waals surface area contributed by atoms with E-state index in [1.54, 1.807) is 0 Å². The maximum Gasteiger partial charge on any atom is 0.243 e. The first-order valence-corrected chi connectivity index (χ1v) is 6.96. The fraction of sp³-hybridized carbons (Fsp3) is 0.500. The molecule has 0 bridgehead atoms. The lowest BCUT2D eigenvalue weighted by Gasteiger charge is -2.22. The van der Waals surface area contributed by atoms with Gasteiger partial charge in [0.05, 0.1) is 5.52 Å². The highest BCUT2D eigenvalue weighted by Crippen LogP contribution is 2.14. The molecule has 19 heavy (non-hydrogen) atoms. The average Bonchev–Trinajstić information content (AvgIpc) is 2.48. The van der Waals surface area contributed by atoms with Gasteiger partial charge < -0.3 is 10.6 Å². The molecule has 100 valence electrons. The minimum absolute atomic E-state index is 0.627. The Balaban J connectivity index is 1.56. The van der Waals surface area contributed by atoms with Crippen molar-refractivity contribution in [3.8, 4) is 0 Å². The molecule has 1 aromatic carbocycles. The lowest BCUT2D eigenvalue weighted by atomic mass is 9.96. The summed E-state index contributed by atoms with van der Waals surface area (Å²) in [5.74, 6) is 1.40. The predicted octanol–water partition coefficient (Wildman–Crippen LogP) is 1.83. The van der Waals surface area contributed by atoms with Gasteiger partial charge in [-0.3, -0.25) is 0 Å². The third-order valence-corrected chi connectivity index (χ3v) is 3.60. The van der Waals surface area contributed by atoms with Crippen LogP contribution in [0, 0.1) is 5.92 Å². The topological polar surface area (TPSA) is 62.7 Å². The Kier molecular flexibility index (Phi) is 3.83.